The fourth-order valence-corrected chi connectivity index (χ4v) is 3.09. The molecule has 0 fully saturated rings. The van der Waals surface area contributed by atoms with E-state index in [1.807, 2.05) is 12.1 Å². The van der Waals surface area contributed by atoms with Gasteiger partial charge in [-0.1, -0.05) is 23.7 Å². The lowest BCUT2D eigenvalue weighted by Crippen LogP contribution is -2.21. The smallest absolute Gasteiger partial charge is 0.338 e. The molecule has 8 nitrogen and oxygen atoms in total. The van der Waals surface area contributed by atoms with E-state index in [-0.39, 0.29) is 5.56 Å². The van der Waals surface area contributed by atoms with Gasteiger partial charge in [0.05, 0.1) is 32.6 Å². The molecule has 3 aromatic rings. The lowest BCUT2D eigenvalue weighted by molar-refractivity contribution is -0.119. The van der Waals surface area contributed by atoms with Crippen molar-refractivity contribution in [3.63, 3.8) is 0 Å². The Hall–Kier alpha value is -3.91. The molecule has 0 aliphatic heterocycles. The summed E-state index contributed by atoms with van der Waals surface area (Å²) in [5.41, 5.74) is 1.53. The highest BCUT2D eigenvalue weighted by Crippen LogP contribution is 2.30. The van der Waals surface area contributed by atoms with E-state index in [4.69, 9.17) is 35.3 Å². The molecule has 0 aliphatic rings. The first kappa shape index (κ1) is 24.7. The maximum absolute atomic E-state index is 12.5. The van der Waals surface area contributed by atoms with E-state index < -0.39 is 18.5 Å². The van der Waals surface area contributed by atoms with Crippen LogP contribution in [0.4, 0.5) is 5.69 Å². The van der Waals surface area contributed by atoms with Gasteiger partial charge in [-0.25, -0.2) is 4.79 Å². The Bertz CT molecular complexity index is 1150. The van der Waals surface area contributed by atoms with Gasteiger partial charge in [-0.2, -0.15) is 0 Å². The standard InChI is InChI=1S/C25H24ClNO7/c1-30-19-9-11-21(31-2)20(13-19)27-24(28)15-34-25(29)17-6-10-22(23(12-17)32-3)33-14-16-4-7-18(26)8-5-16/h4-13H,14-15H2,1-3H3,(H,27,28). The van der Waals surface area contributed by atoms with Gasteiger partial charge in [-0.15, -0.1) is 0 Å². The molecular formula is C25H24ClNO7. The Morgan fingerprint density at radius 3 is 2.21 bits per heavy atom. The number of methoxy groups -OCH3 is 3. The number of hydrogen-bond donors (Lipinski definition) is 1. The summed E-state index contributed by atoms with van der Waals surface area (Å²) in [6.45, 7) is -0.193. The number of carbonyl (C=O) groups excluding carboxylic acids is 2. The van der Waals surface area contributed by atoms with Gasteiger partial charge in [0.25, 0.3) is 5.91 Å². The van der Waals surface area contributed by atoms with Gasteiger partial charge in [-0.3, -0.25) is 4.79 Å². The number of halogens is 1. The van der Waals surface area contributed by atoms with E-state index in [0.29, 0.717) is 40.3 Å². The van der Waals surface area contributed by atoms with Gasteiger partial charge < -0.3 is 29.0 Å². The molecule has 0 atom stereocenters. The maximum atomic E-state index is 12.5. The van der Waals surface area contributed by atoms with Gasteiger partial charge >= 0.3 is 5.97 Å². The van der Waals surface area contributed by atoms with Gasteiger partial charge in [0.15, 0.2) is 18.1 Å². The van der Waals surface area contributed by atoms with Crippen molar-refractivity contribution in [2.45, 2.75) is 6.61 Å². The van der Waals surface area contributed by atoms with Gasteiger partial charge in [0, 0.05) is 11.1 Å². The number of anilines is 1. The summed E-state index contributed by atoms with van der Waals surface area (Å²) < 4.78 is 26.6. The zero-order valence-electron chi connectivity index (χ0n) is 18.9. The molecule has 0 aliphatic carbocycles. The minimum absolute atomic E-state index is 0.211. The molecule has 1 N–H and O–H groups in total. The highest BCUT2D eigenvalue weighted by molar-refractivity contribution is 6.30. The van der Waals surface area contributed by atoms with Crippen LogP contribution in [0.25, 0.3) is 0 Å². The molecule has 9 heteroatoms. The Morgan fingerprint density at radius 2 is 1.53 bits per heavy atom. The summed E-state index contributed by atoms with van der Waals surface area (Å²) in [7, 11) is 4.46. The zero-order chi connectivity index (χ0) is 24.5. The number of ether oxygens (including phenoxy) is 5. The van der Waals surface area contributed by atoms with Crippen LogP contribution < -0.4 is 24.3 Å². The normalized spacial score (nSPS) is 10.2. The Labute approximate surface area is 202 Å². The first-order valence-electron chi connectivity index (χ1n) is 10.2. The van der Waals surface area contributed by atoms with E-state index in [1.54, 1.807) is 36.4 Å². The third-order valence-electron chi connectivity index (χ3n) is 4.72. The van der Waals surface area contributed by atoms with Crippen LogP contribution in [0.3, 0.4) is 0 Å². The number of carbonyl (C=O) groups is 2. The molecule has 3 rings (SSSR count). The third kappa shape index (κ3) is 6.55. The summed E-state index contributed by atoms with van der Waals surface area (Å²) in [5.74, 6) is 0.578. The van der Waals surface area contributed by atoms with Crippen molar-refractivity contribution in [2.75, 3.05) is 33.3 Å². The van der Waals surface area contributed by atoms with Crippen molar-refractivity contribution in [1.29, 1.82) is 0 Å². The number of hydrogen-bond acceptors (Lipinski definition) is 7. The topological polar surface area (TPSA) is 92.3 Å². The van der Waals surface area contributed by atoms with E-state index in [1.165, 1.54) is 33.5 Å². The molecule has 0 saturated carbocycles. The number of nitrogens with one attached hydrogen (secondary N) is 1. The number of benzene rings is 3. The monoisotopic (exact) mass is 485 g/mol. The van der Waals surface area contributed by atoms with Crippen molar-refractivity contribution in [2.24, 2.45) is 0 Å². The van der Waals surface area contributed by atoms with Crippen molar-refractivity contribution < 1.29 is 33.3 Å². The van der Waals surface area contributed by atoms with E-state index >= 15 is 0 Å². The molecule has 0 spiro atoms. The fourth-order valence-electron chi connectivity index (χ4n) is 2.97. The van der Waals surface area contributed by atoms with E-state index in [0.717, 1.165) is 5.56 Å². The van der Waals surface area contributed by atoms with Crippen LogP contribution in [0, 0.1) is 0 Å². The highest BCUT2D eigenvalue weighted by atomic mass is 35.5. The van der Waals surface area contributed by atoms with Crippen LogP contribution in [0.5, 0.6) is 23.0 Å². The lowest BCUT2D eigenvalue weighted by atomic mass is 10.2. The van der Waals surface area contributed by atoms with Crippen molar-refractivity contribution in [3.05, 3.63) is 76.8 Å². The van der Waals surface area contributed by atoms with Crippen LogP contribution in [-0.2, 0) is 16.1 Å². The molecule has 3 aromatic carbocycles. The summed E-state index contributed by atoms with van der Waals surface area (Å²) >= 11 is 5.89. The van der Waals surface area contributed by atoms with Gasteiger partial charge in [-0.05, 0) is 48.0 Å². The second-order valence-electron chi connectivity index (χ2n) is 6.97. The second-order valence-corrected chi connectivity index (χ2v) is 7.41. The van der Waals surface area contributed by atoms with Crippen LogP contribution in [0.2, 0.25) is 5.02 Å². The van der Waals surface area contributed by atoms with E-state index in [9.17, 15) is 9.59 Å². The molecule has 0 bridgehead atoms. The zero-order valence-corrected chi connectivity index (χ0v) is 19.7. The number of amides is 1. The summed E-state index contributed by atoms with van der Waals surface area (Å²) in [5, 5.41) is 3.28. The Kier molecular flexibility index (Phi) is 8.59. The summed E-state index contributed by atoms with van der Waals surface area (Å²) in [4.78, 5) is 24.8. The average Bonchev–Trinajstić information content (AvgIpc) is 2.86. The van der Waals surface area contributed by atoms with Crippen LogP contribution in [-0.4, -0.2) is 39.8 Å². The molecule has 1 amide bonds. The predicted molar refractivity (Wildman–Crippen MR) is 127 cm³/mol. The molecular weight excluding hydrogens is 462 g/mol. The van der Waals surface area contributed by atoms with Gasteiger partial charge in [0.2, 0.25) is 0 Å². The second kappa shape index (κ2) is 11.8. The molecule has 34 heavy (non-hydrogen) atoms. The van der Waals surface area contributed by atoms with Crippen molar-refractivity contribution >= 4 is 29.2 Å². The van der Waals surface area contributed by atoms with E-state index in [2.05, 4.69) is 5.32 Å². The minimum Gasteiger partial charge on any atom is -0.497 e. The molecule has 178 valence electrons. The number of rotatable bonds is 10. The lowest BCUT2D eigenvalue weighted by Gasteiger charge is -2.13. The quantitative estimate of drug-likeness (QED) is 0.414. The van der Waals surface area contributed by atoms with Crippen LogP contribution in [0.15, 0.2) is 60.7 Å². The third-order valence-corrected chi connectivity index (χ3v) is 4.97. The SMILES string of the molecule is COc1ccc(OC)c(NC(=O)COC(=O)c2ccc(OCc3ccc(Cl)cc3)c(OC)c2)c1. The molecule has 0 heterocycles. The molecule has 0 unspecified atom stereocenters. The summed E-state index contributed by atoms with van der Waals surface area (Å²) in [6, 6.07) is 16.8. The largest absolute Gasteiger partial charge is 0.497 e. The Morgan fingerprint density at radius 1 is 0.824 bits per heavy atom. The maximum Gasteiger partial charge on any atom is 0.338 e. The number of esters is 1. The molecule has 0 saturated heterocycles. The Balaban J connectivity index is 1.59. The summed E-state index contributed by atoms with van der Waals surface area (Å²) in [6.07, 6.45) is 0. The highest BCUT2D eigenvalue weighted by Gasteiger charge is 2.15. The fraction of sp³-hybridized carbons (Fsp3) is 0.200. The molecule has 0 radical (unpaired) electrons. The van der Waals surface area contributed by atoms with Crippen molar-refractivity contribution in [1.82, 2.24) is 0 Å². The first-order valence-corrected chi connectivity index (χ1v) is 10.6. The average molecular weight is 486 g/mol. The van der Waals surface area contributed by atoms with Crippen LogP contribution in [0.1, 0.15) is 15.9 Å². The first-order chi connectivity index (χ1) is 16.4. The van der Waals surface area contributed by atoms with Crippen LogP contribution >= 0.6 is 11.6 Å². The predicted octanol–water partition coefficient (Wildman–Crippen LogP) is 4.74. The minimum atomic E-state index is -0.685. The van der Waals surface area contributed by atoms with Crippen molar-refractivity contribution in [3.8, 4) is 23.0 Å². The molecule has 0 aromatic heterocycles. The van der Waals surface area contributed by atoms with Gasteiger partial charge in [0.1, 0.15) is 18.1 Å².